The van der Waals surface area contributed by atoms with Gasteiger partial charge in [-0.1, -0.05) is 23.1 Å². The Morgan fingerprint density at radius 3 is 2.86 bits per heavy atom. The zero-order valence-corrected chi connectivity index (χ0v) is 9.82. The minimum atomic E-state index is 0.510. The van der Waals surface area contributed by atoms with E-state index < -0.39 is 0 Å². The van der Waals surface area contributed by atoms with Crippen LogP contribution in [0.25, 0.3) is 0 Å². The summed E-state index contributed by atoms with van der Waals surface area (Å²) in [5.41, 5.74) is 0. The number of thiazole rings is 1. The third kappa shape index (κ3) is 2.72. The molecule has 0 aliphatic heterocycles. The summed E-state index contributed by atoms with van der Waals surface area (Å²) in [4.78, 5) is 10.7. The van der Waals surface area contributed by atoms with Crippen LogP contribution in [-0.2, 0) is 0 Å². The molecule has 1 aromatic heterocycles. The summed E-state index contributed by atoms with van der Waals surface area (Å²) in [6, 6.07) is 2.08. The van der Waals surface area contributed by atoms with Gasteiger partial charge in [-0.3, -0.25) is 0 Å². The zero-order chi connectivity index (χ0) is 10.6. The molecule has 0 fully saturated rings. The molecule has 0 radical (unpaired) electrons. The molecule has 0 saturated carbocycles. The van der Waals surface area contributed by atoms with Crippen LogP contribution in [0.4, 0.5) is 5.82 Å². The van der Waals surface area contributed by atoms with Gasteiger partial charge in [0.2, 0.25) is 0 Å². The number of nitriles is 1. The highest BCUT2D eigenvalue weighted by Crippen LogP contribution is 2.29. The van der Waals surface area contributed by atoms with Gasteiger partial charge < -0.3 is 4.90 Å². The number of nitrogens with zero attached hydrogens (tertiary/aromatic N) is 4. The molecule has 1 heterocycles. The van der Waals surface area contributed by atoms with Crippen molar-refractivity contribution in [2.45, 2.75) is 4.34 Å². The summed E-state index contributed by atoms with van der Waals surface area (Å²) in [7, 11) is 3.74. The maximum Gasteiger partial charge on any atom is 0.183 e. The van der Waals surface area contributed by atoms with Crippen LogP contribution in [0.1, 0.15) is 4.88 Å². The van der Waals surface area contributed by atoms with E-state index in [4.69, 9.17) is 5.26 Å². The summed E-state index contributed by atoms with van der Waals surface area (Å²) in [6.07, 6.45) is 3.57. The Hall–Kier alpha value is -1.06. The summed E-state index contributed by atoms with van der Waals surface area (Å²) in [6.45, 7) is 0. The van der Waals surface area contributed by atoms with Gasteiger partial charge in [0.25, 0.3) is 0 Å². The minimum Gasteiger partial charge on any atom is -0.369 e. The maximum absolute atomic E-state index is 8.82. The van der Waals surface area contributed by atoms with E-state index in [2.05, 4.69) is 16.0 Å². The summed E-state index contributed by atoms with van der Waals surface area (Å²) < 4.78 is 0.868. The molecule has 0 aromatic carbocycles. The van der Waals surface area contributed by atoms with Crippen molar-refractivity contribution < 1.29 is 0 Å². The Bertz CT molecular complexity index is 375. The van der Waals surface area contributed by atoms with Crippen molar-refractivity contribution in [1.29, 1.82) is 5.26 Å². The number of hydrogen-bond acceptors (Lipinski definition) is 5. The maximum atomic E-state index is 8.82. The van der Waals surface area contributed by atoms with E-state index >= 15 is 0 Å². The van der Waals surface area contributed by atoms with Crippen LogP contribution in [0.15, 0.2) is 9.33 Å². The van der Waals surface area contributed by atoms with Crippen LogP contribution in [0.5, 0.6) is 0 Å². The minimum absolute atomic E-state index is 0.510. The average Bonchev–Trinajstić information content (AvgIpc) is 2.57. The first-order chi connectivity index (χ1) is 6.67. The Labute approximate surface area is 91.3 Å². The van der Waals surface area contributed by atoms with Crippen molar-refractivity contribution in [3.05, 3.63) is 4.88 Å². The number of aliphatic imine (C=N–C) groups is 1. The van der Waals surface area contributed by atoms with Gasteiger partial charge in [0.15, 0.2) is 15.0 Å². The molecular formula is C8H10N4S2. The number of thioether (sulfide) groups is 1. The van der Waals surface area contributed by atoms with E-state index in [1.165, 1.54) is 23.1 Å². The van der Waals surface area contributed by atoms with Crippen LogP contribution < -0.4 is 0 Å². The molecule has 0 bridgehead atoms. The second-order valence-corrected chi connectivity index (χ2v) is 4.71. The van der Waals surface area contributed by atoms with Crippen molar-refractivity contribution >= 4 is 35.3 Å². The molecule has 0 N–H and O–H groups in total. The lowest BCUT2D eigenvalue weighted by Gasteiger charge is -2.00. The molecule has 4 nitrogen and oxygen atoms in total. The number of hydrogen-bond donors (Lipinski definition) is 0. The summed E-state index contributed by atoms with van der Waals surface area (Å²) in [5, 5.41) is 8.82. The summed E-state index contributed by atoms with van der Waals surface area (Å²) in [5.74, 6) is 0.510. The fraction of sp³-hybridized carbons (Fsp3) is 0.375. The largest absolute Gasteiger partial charge is 0.369 e. The molecule has 74 valence electrons. The van der Waals surface area contributed by atoms with E-state index in [-0.39, 0.29) is 0 Å². The Balaban J connectivity index is 2.96. The molecule has 1 aromatic rings. The van der Waals surface area contributed by atoms with Crippen molar-refractivity contribution in [3.63, 3.8) is 0 Å². The molecule has 1 rings (SSSR count). The zero-order valence-electron chi connectivity index (χ0n) is 8.18. The van der Waals surface area contributed by atoms with Gasteiger partial charge in [0.05, 0.1) is 6.34 Å². The Kier molecular flexibility index (Phi) is 3.92. The van der Waals surface area contributed by atoms with Crippen LogP contribution in [0.3, 0.4) is 0 Å². The van der Waals surface area contributed by atoms with Crippen LogP contribution in [-0.4, -0.2) is 36.6 Å². The van der Waals surface area contributed by atoms with Crippen molar-refractivity contribution in [2.75, 3.05) is 20.4 Å². The third-order valence-electron chi connectivity index (χ3n) is 1.28. The molecule has 0 saturated heterocycles. The van der Waals surface area contributed by atoms with Crippen molar-refractivity contribution in [1.82, 2.24) is 9.88 Å². The van der Waals surface area contributed by atoms with Gasteiger partial charge >= 0.3 is 0 Å². The molecule has 0 atom stereocenters. The second kappa shape index (κ2) is 4.98. The topological polar surface area (TPSA) is 52.3 Å². The first-order valence-corrected chi connectivity index (χ1v) is 5.87. The molecule has 0 aliphatic rings. The standard InChI is InChI=1S/C8H10N4S2/c1-12(2)5-10-7-6(4-9)14-8(11-7)13-3/h5H,1-3H3/b10-5-. The number of rotatable bonds is 3. The lowest BCUT2D eigenvalue weighted by Crippen LogP contribution is -2.07. The first-order valence-electron chi connectivity index (χ1n) is 3.83. The van der Waals surface area contributed by atoms with E-state index in [1.54, 1.807) is 11.2 Å². The predicted octanol–water partition coefficient (Wildman–Crippen LogP) is 1.96. The first kappa shape index (κ1) is 11.0. The SMILES string of the molecule is CSc1nc(/N=C\N(C)C)c(C#N)s1. The average molecular weight is 226 g/mol. The highest BCUT2D eigenvalue weighted by Gasteiger charge is 2.08. The lowest BCUT2D eigenvalue weighted by atomic mass is 10.5. The fourth-order valence-electron chi connectivity index (χ4n) is 0.711. The normalized spacial score (nSPS) is 10.4. The summed E-state index contributed by atoms with van der Waals surface area (Å²) >= 11 is 2.89. The van der Waals surface area contributed by atoms with Crippen LogP contribution >= 0.6 is 23.1 Å². The molecular weight excluding hydrogens is 216 g/mol. The smallest absolute Gasteiger partial charge is 0.183 e. The van der Waals surface area contributed by atoms with Crippen molar-refractivity contribution in [3.8, 4) is 6.07 Å². The molecule has 0 unspecified atom stereocenters. The third-order valence-corrected chi connectivity index (χ3v) is 3.21. The molecule has 0 aliphatic carbocycles. The molecule has 6 heteroatoms. The van der Waals surface area contributed by atoms with Gasteiger partial charge in [-0.05, 0) is 6.26 Å². The van der Waals surface area contributed by atoms with E-state index in [1.807, 2.05) is 20.4 Å². The Morgan fingerprint density at radius 1 is 1.64 bits per heavy atom. The van der Waals surface area contributed by atoms with Gasteiger partial charge in [-0.15, -0.1) is 0 Å². The molecule has 0 amide bonds. The van der Waals surface area contributed by atoms with Gasteiger partial charge in [0, 0.05) is 14.1 Å². The Morgan fingerprint density at radius 2 is 2.36 bits per heavy atom. The lowest BCUT2D eigenvalue weighted by molar-refractivity contribution is 0.643. The van der Waals surface area contributed by atoms with Gasteiger partial charge in [-0.25, -0.2) is 9.98 Å². The predicted molar refractivity (Wildman–Crippen MR) is 60.4 cm³/mol. The van der Waals surface area contributed by atoms with Gasteiger partial charge in [0.1, 0.15) is 6.07 Å². The second-order valence-electron chi connectivity index (χ2n) is 2.66. The number of aromatic nitrogens is 1. The van der Waals surface area contributed by atoms with Gasteiger partial charge in [-0.2, -0.15) is 5.26 Å². The monoisotopic (exact) mass is 226 g/mol. The highest BCUT2D eigenvalue weighted by atomic mass is 32.2. The fourth-order valence-corrected chi connectivity index (χ4v) is 2.01. The van der Waals surface area contributed by atoms with Crippen molar-refractivity contribution in [2.24, 2.45) is 4.99 Å². The molecule has 14 heavy (non-hydrogen) atoms. The van der Waals surface area contributed by atoms with E-state index in [0.717, 1.165) is 4.34 Å². The van der Waals surface area contributed by atoms with E-state index in [0.29, 0.717) is 10.7 Å². The highest BCUT2D eigenvalue weighted by molar-refractivity contribution is 8.00. The van der Waals surface area contributed by atoms with E-state index in [9.17, 15) is 0 Å². The van der Waals surface area contributed by atoms with Crippen LogP contribution in [0, 0.1) is 11.3 Å². The quantitative estimate of drug-likeness (QED) is 0.449. The molecule has 0 spiro atoms. The van der Waals surface area contributed by atoms with Crippen LogP contribution in [0.2, 0.25) is 0 Å².